The number of phenolic OH excluding ortho intramolecular Hbond substituents is 5. The predicted molar refractivity (Wildman–Crippen MR) is 341 cm³/mol. The van der Waals surface area contributed by atoms with E-state index in [4.69, 9.17) is 0 Å². The lowest BCUT2D eigenvalue weighted by molar-refractivity contribution is 0.444. The number of nitrogens with zero attached hydrogens (tertiary/aromatic N) is 6. The molecule has 82 heavy (non-hydrogen) atoms. The van der Waals surface area contributed by atoms with Gasteiger partial charge in [-0.25, -0.2) is 0 Å². The molecule has 11 nitrogen and oxygen atoms in total. The first-order valence-corrected chi connectivity index (χ1v) is 27.4. The van der Waals surface area contributed by atoms with Gasteiger partial charge in [0.25, 0.3) is 0 Å². The third-order valence-corrected chi connectivity index (χ3v) is 13.3. The topological polar surface area (TPSA) is 176 Å². The Bertz CT molecular complexity index is 3490. The SMILES string of the molecule is Cc1ccc(N=Cc2cccc(C)c2O)cc1.Cc1cccc(C=NC2CCCCC2)c1O.Cc1cccc(C=Nc2ccccc2)c1O.Cc1cccc(C=Nc2ccncc2)c1O.Cc1ccccc1N=Cc1cccc(C)c1O. The maximum atomic E-state index is 9.85. The minimum atomic E-state index is 0.278. The molecule has 1 heterocycles. The van der Waals surface area contributed by atoms with Crippen LogP contribution in [0.25, 0.3) is 0 Å². The molecule has 8 aromatic carbocycles. The van der Waals surface area contributed by atoms with Gasteiger partial charge in [-0.05, 0) is 167 Å². The van der Waals surface area contributed by atoms with E-state index in [-0.39, 0.29) is 5.75 Å². The summed E-state index contributed by atoms with van der Waals surface area (Å²) in [5.41, 5.74) is 14.0. The van der Waals surface area contributed by atoms with Crippen molar-refractivity contribution < 1.29 is 25.5 Å². The third-order valence-electron chi connectivity index (χ3n) is 13.3. The zero-order valence-corrected chi connectivity index (χ0v) is 47.9. The highest BCUT2D eigenvalue weighted by atomic mass is 16.3. The Morgan fingerprint density at radius 2 is 0.671 bits per heavy atom. The van der Waals surface area contributed by atoms with Crippen LogP contribution in [0, 0.1) is 48.5 Å². The van der Waals surface area contributed by atoms with Gasteiger partial charge in [0, 0.05) is 77.3 Å². The van der Waals surface area contributed by atoms with Crippen LogP contribution in [0.15, 0.2) is 219 Å². The number of aromatic nitrogens is 1. The van der Waals surface area contributed by atoms with Crippen molar-refractivity contribution in [2.75, 3.05) is 0 Å². The number of rotatable bonds is 10. The molecule has 0 bridgehead atoms. The molecule has 1 aromatic heterocycles. The summed E-state index contributed by atoms with van der Waals surface area (Å²) >= 11 is 0. The Hall–Kier alpha value is -9.74. The van der Waals surface area contributed by atoms with Gasteiger partial charge in [0.15, 0.2) is 0 Å². The Kier molecular flexibility index (Phi) is 24.3. The van der Waals surface area contributed by atoms with Gasteiger partial charge in [0.1, 0.15) is 28.7 Å². The average Bonchev–Trinajstić information content (AvgIpc) is 3.52. The second kappa shape index (κ2) is 32.4. The molecule has 418 valence electrons. The minimum absolute atomic E-state index is 0.278. The van der Waals surface area contributed by atoms with Crippen molar-refractivity contribution in [1.82, 2.24) is 4.98 Å². The molecular formula is C71H74N6O5. The lowest BCUT2D eigenvalue weighted by Crippen LogP contribution is -2.09. The van der Waals surface area contributed by atoms with Crippen LogP contribution in [0.4, 0.5) is 22.7 Å². The molecular weight excluding hydrogens is 1020 g/mol. The highest BCUT2D eigenvalue weighted by Crippen LogP contribution is 2.26. The third kappa shape index (κ3) is 19.9. The van der Waals surface area contributed by atoms with Gasteiger partial charge < -0.3 is 25.5 Å². The molecule has 1 fully saturated rings. The van der Waals surface area contributed by atoms with Crippen molar-refractivity contribution in [3.05, 3.63) is 261 Å². The first kappa shape index (κ1) is 61.5. The number of aliphatic imine (C=N–C) groups is 5. The summed E-state index contributed by atoms with van der Waals surface area (Å²) in [5, 5.41) is 49.1. The highest BCUT2D eigenvalue weighted by Gasteiger charge is 2.11. The summed E-state index contributed by atoms with van der Waals surface area (Å²) in [7, 11) is 0. The second-order valence-electron chi connectivity index (χ2n) is 19.8. The van der Waals surface area contributed by atoms with Crippen LogP contribution in [0.5, 0.6) is 28.7 Å². The van der Waals surface area contributed by atoms with E-state index in [1.165, 1.54) is 37.7 Å². The molecule has 0 aliphatic heterocycles. The molecule has 0 saturated heterocycles. The summed E-state index contributed by atoms with van der Waals surface area (Å²) < 4.78 is 0. The number of aromatic hydroxyl groups is 5. The fraction of sp³-hybridized carbons (Fsp3) is 0.183. The summed E-state index contributed by atoms with van der Waals surface area (Å²) in [6, 6.07) is 57.8. The zero-order valence-electron chi connectivity index (χ0n) is 47.9. The van der Waals surface area contributed by atoms with E-state index in [2.05, 4.69) is 29.9 Å². The quantitative estimate of drug-likeness (QED) is 0.0852. The van der Waals surface area contributed by atoms with Gasteiger partial charge in [0.2, 0.25) is 0 Å². The van der Waals surface area contributed by atoms with Gasteiger partial charge in [-0.2, -0.15) is 0 Å². The van der Waals surface area contributed by atoms with E-state index >= 15 is 0 Å². The van der Waals surface area contributed by atoms with E-state index in [0.717, 1.165) is 83.9 Å². The Labute approximate surface area is 483 Å². The molecule has 1 saturated carbocycles. The number of benzene rings is 8. The number of hydrogen-bond donors (Lipinski definition) is 5. The number of aryl methyl sites for hydroxylation is 7. The van der Waals surface area contributed by atoms with Gasteiger partial charge in [-0.3, -0.25) is 29.9 Å². The van der Waals surface area contributed by atoms with E-state index in [9.17, 15) is 25.5 Å². The van der Waals surface area contributed by atoms with E-state index < -0.39 is 0 Å². The van der Waals surface area contributed by atoms with E-state index in [1.807, 2.05) is 237 Å². The van der Waals surface area contributed by atoms with Crippen LogP contribution in [-0.2, 0) is 0 Å². The zero-order chi connectivity index (χ0) is 58.6. The maximum absolute atomic E-state index is 9.85. The largest absolute Gasteiger partial charge is 0.507 e. The number of hydrogen-bond acceptors (Lipinski definition) is 11. The normalized spacial score (nSPS) is 12.3. The van der Waals surface area contributed by atoms with Crippen molar-refractivity contribution in [3.63, 3.8) is 0 Å². The van der Waals surface area contributed by atoms with Crippen molar-refractivity contribution in [1.29, 1.82) is 0 Å². The van der Waals surface area contributed by atoms with Crippen molar-refractivity contribution in [2.24, 2.45) is 25.0 Å². The van der Waals surface area contributed by atoms with Gasteiger partial charge in [-0.1, -0.05) is 134 Å². The van der Waals surface area contributed by atoms with Crippen LogP contribution in [0.1, 0.15) is 98.9 Å². The van der Waals surface area contributed by atoms with Crippen LogP contribution >= 0.6 is 0 Å². The fourth-order valence-corrected chi connectivity index (χ4v) is 8.20. The molecule has 10 rings (SSSR count). The van der Waals surface area contributed by atoms with Crippen molar-refractivity contribution >= 4 is 53.8 Å². The summed E-state index contributed by atoms with van der Waals surface area (Å²) in [6.07, 6.45) is 18.2. The van der Waals surface area contributed by atoms with Crippen LogP contribution in [-0.4, -0.2) is 67.6 Å². The standard InChI is InChI=1S/2C15H15NO.C14H19NO.C14H13NO.C13H12N2O/c1-11-6-3-4-9-14(11)16-10-13-8-5-7-12(2)15(13)17;1-11-6-8-14(9-7-11)16-10-13-5-3-4-12(2)15(13)17;2*1-11-6-5-7-12(14(11)16)10-15-13-8-3-2-4-9-13;1-10-3-2-4-11(13(10)16)9-15-12-5-7-14-8-6-12/h2*3-10,17H,1-2H3;5-7,10,13,16H,2-4,8-9H2,1H3;2-10,16H,1H3;2-9,16H,1H3. The summed E-state index contributed by atoms with van der Waals surface area (Å²) in [4.78, 5) is 25.8. The van der Waals surface area contributed by atoms with Crippen molar-refractivity contribution in [2.45, 2.75) is 86.6 Å². The molecule has 5 N–H and O–H groups in total. The smallest absolute Gasteiger partial charge is 0.127 e. The Morgan fingerprint density at radius 3 is 1.09 bits per heavy atom. The monoisotopic (exact) mass is 1090 g/mol. The Balaban J connectivity index is 0.000000165. The van der Waals surface area contributed by atoms with Crippen LogP contribution in [0.3, 0.4) is 0 Å². The number of pyridine rings is 1. The van der Waals surface area contributed by atoms with Gasteiger partial charge in [-0.15, -0.1) is 0 Å². The number of phenols is 5. The molecule has 0 unspecified atom stereocenters. The maximum Gasteiger partial charge on any atom is 0.127 e. The van der Waals surface area contributed by atoms with Gasteiger partial charge in [0.05, 0.1) is 22.7 Å². The van der Waals surface area contributed by atoms with Crippen molar-refractivity contribution in [3.8, 4) is 28.7 Å². The average molecular weight is 1090 g/mol. The lowest BCUT2D eigenvalue weighted by Gasteiger charge is -2.17. The van der Waals surface area contributed by atoms with E-state index in [1.54, 1.807) is 37.3 Å². The lowest BCUT2D eigenvalue weighted by atomic mass is 9.96. The van der Waals surface area contributed by atoms with Gasteiger partial charge >= 0.3 is 0 Å². The Morgan fingerprint density at radius 1 is 0.329 bits per heavy atom. The fourth-order valence-electron chi connectivity index (χ4n) is 8.20. The molecule has 11 heteroatoms. The molecule has 1 aliphatic carbocycles. The molecule has 0 atom stereocenters. The van der Waals surface area contributed by atoms with Crippen LogP contribution < -0.4 is 0 Å². The first-order chi connectivity index (χ1) is 39.7. The summed E-state index contributed by atoms with van der Waals surface area (Å²) in [6.45, 7) is 13.4. The molecule has 0 spiro atoms. The first-order valence-electron chi connectivity index (χ1n) is 27.4. The molecule has 0 radical (unpaired) electrons. The van der Waals surface area contributed by atoms with Crippen LogP contribution in [0.2, 0.25) is 0 Å². The predicted octanol–water partition coefficient (Wildman–Crippen LogP) is 17.3. The second-order valence-corrected chi connectivity index (χ2v) is 19.8. The molecule has 0 amide bonds. The molecule has 9 aromatic rings. The number of para-hydroxylation sites is 7. The molecule has 1 aliphatic rings. The highest BCUT2D eigenvalue weighted by molar-refractivity contribution is 5.88. The summed E-state index contributed by atoms with van der Waals surface area (Å²) in [5.74, 6) is 1.53. The van der Waals surface area contributed by atoms with E-state index in [0.29, 0.717) is 29.0 Å². The minimum Gasteiger partial charge on any atom is -0.507 e.